The number of morpholine rings is 1. The number of anilines is 1. The van der Waals surface area contributed by atoms with E-state index in [1.54, 1.807) is 0 Å². The predicted molar refractivity (Wildman–Crippen MR) is 78.8 cm³/mol. The van der Waals surface area contributed by atoms with Crippen LogP contribution in [0.3, 0.4) is 0 Å². The van der Waals surface area contributed by atoms with Crippen LogP contribution in [-0.2, 0) is 4.74 Å². The van der Waals surface area contributed by atoms with Crippen molar-refractivity contribution in [3.05, 3.63) is 29.3 Å². The van der Waals surface area contributed by atoms with Gasteiger partial charge in [0.25, 0.3) is 0 Å². The third kappa shape index (κ3) is 2.93. The van der Waals surface area contributed by atoms with Gasteiger partial charge in [-0.15, -0.1) is 0 Å². The first-order valence-corrected chi connectivity index (χ1v) is 7.51. The Labute approximate surface area is 115 Å². The Morgan fingerprint density at radius 3 is 2.79 bits per heavy atom. The Hall–Kier alpha value is -1.06. The summed E-state index contributed by atoms with van der Waals surface area (Å²) in [5.41, 5.74) is 4.26. The average Bonchev–Trinajstić information content (AvgIpc) is 2.49. The Bertz CT molecular complexity index is 421. The van der Waals surface area contributed by atoms with Crippen LogP contribution in [0.25, 0.3) is 0 Å². The fourth-order valence-corrected chi connectivity index (χ4v) is 3.16. The summed E-state index contributed by atoms with van der Waals surface area (Å²) < 4.78 is 5.47. The summed E-state index contributed by atoms with van der Waals surface area (Å²) in [6.45, 7) is 7.08. The minimum atomic E-state index is 0.534. The van der Waals surface area contributed by atoms with Gasteiger partial charge in [-0.3, -0.25) is 0 Å². The van der Waals surface area contributed by atoms with Gasteiger partial charge in [-0.2, -0.15) is 0 Å². The number of piperidine rings is 1. The molecule has 0 radical (unpaired) electrons. The number of nitrogens with zero attached hydrogens (tertiary/aromatic N) is 1. The molecular weight excluding hydrogens is 236 g/mol. The van der Waals surface area contributed by atoms with Crippen molar-refractivity contribution in [3.8, 4) is 0 Å². The van der Waals surface area contributed by atoms with E-state index in [2.05, 4.69) is 35.3 Å². The number of rotatable bonds is 2. The third-order valence-electron chi connectivity index (χ3n) is 4.22. The fraction of sp³-hybridized carbons (Fsp3) is 0.625. The normalized spacial score (nSPS) is 24.5. The minimum Gasteiger partial charge on any atom is -0.378 e. The standard InChI is InChI=1S/C16H24N2O/c1-13-5-6-16(18-8-10-19-11-9-18)14(12-13)15-4-2-3-7-17-15/h5-6,12,15,17H,2-4,7-11H2,1H3. The van der Waals surface area contributed by atoms with Crippen molar-refractivity contribution < 1.29 is 4.74 Å². The van der Waals surface area contributed by atoms with E-state index >= 15 is 0 Å². The molecule has 0 saturated carbocycles. The number of nitrogens with one attached hydrogen (secondary N) is 1. The van der Waals surface area contributed by atoms with Crippen LogP contribution in [0.15, 0.2) is 18.2 Å². The summed E-state index contributed by atoms with van der Waals surface area (Å²) in [5, 5.41) is 3.68. The number of aryl methyl sites for hydroxylation is 1. The molecule has 104 valence electrons. The SMILES string of the molecule is Cc1ccc(N2CCOCC2)c(C2CCCCN2)c1. The fourth-order valence-electron chi connectivity index (χ4n) is 3.16. The van der Waals surface area contributed by atoms with Gasteiger partial charge < -0.3 is 15.0 Å². The molecule has 1 N–H and O–H groups in total. The van der Waals surface area contributed by atoms with Gasteiger partial charge in [0.05, 0.1) is 13.2 Å². The van der Waals surface area contributed by atoms with Crippen LogP contribution in [0.5, 0.6) is 0 Å². The second-order valence-electron chi connectivity index (χ2n) is 5.66. The molecule has 0 aromatic heterocycles. The quantitative estimate of drug-likeness (QED) is 0.884. The van der Waals surface area contributed by atoms with Crippen molar-refractivity contribution >= 4 is 5.69 Å². The molecule has 1 aromatic carbocycles. The number of hydrogen-bond donors (Lipinski definition) is 1. The molecule has 2 heterocycles. The molecule has 0 spiro atoms. The Morgan fingerprint density at radius 1 is 1.21 bits per heavy atom. The van der Waals surface area contributed by atoms with Crippen LogP contribution < -0.4 is 10.2 Å². The lowest BCUT2D eigenvalue weighted by atomic mass is 9.94. The van der Waals surface area contributed by atoms with Crippen LogP contribution in [0.4, 0.5) is 5.69 Å². The van der Waals surface area contributed by atoms with Crippen LogP contribution in [0.1, 0.15) is 36.4 Å². The van der Waals surface area contributed by atoms with E-state index in [9.17, 15) is 0 Å². The van der Waals surface area contributed by atoms with Crippen molar-refractivity contribution in [3.63, 3.8) is 0 Å². The Morgan fingerprint density at radius 2 is 2.05 bits per heavy atom. The predicted octanol–water partition coefficient (Wildman–Crippen LogP) is 2.65. The molecule has 2 aliphatic rings. The maximum atomic E-state index is 5.47. The molecular formula is C16H24N2O. The highest BCUT2D eigenvalue weighted by Gasteiger charge is 2.21. The number of hydrogen-bond acceptors (Lipinski definition) is 3. The minimum absolute atomic E-state index is 0.534. The summed E-state index contributed by atoms with van der Waals surface area (Å²) in [7, 11) is 0. The van der Waals surface area contributed by atoms with Crippen molar-refractivity contribution in [1.29, 1.82) is 0 Å². The average molecular weight is 260 g/mol. The summed E-state index contributed by atoms with van der Waals surface area (Å²) in [5.74, 6) is 0. The Kier molecular flexibility index (Phi) is 4.04. The van der Waals surface area contributed by atoms with Gasteiger partial charge in [-0.25, -0.2) is 0 Å². The summed E-state index contributed by atoms with van der Waals surface area (Å²) in [6, 6.07) is 7.43. The van der Waals surface area contributed by atoms with Gasteiger partial charge >= 0.3 is 0 Å². The lowest BCUT2D eigenvalue weighted by Crippen LogP contribution is -2.38. The van der Waals surface area contributed by atoms with Crippen LogP contribution in [0.2, 0.25) is 0 Å². The molecule has 2 aliphatic heterocycles. The van der Waals surface area contributed by atoms with Crippen LogP contribution in [-0.4, -0.2) is 32.8 Å². The van der Waals surface area contributed by atoms with Crippen molar-refractivity contribution in [2.24, 2.45) is 0 Å². The van der Waals surface area contributed by atoms with Gasteiger partial charge in [0.2, 0.25) is 0 Å². The van der Waals surface area contributed by atoms with Crippen molar-refractivity contribution in [1.82, 2.24) is 5.32 Å². The molecule has 1 aromatic rings. The van der Waals surface area contributed by atoms with E-state index in [-0.39, 0.29) is 0 Å². The van der Waals surface area contributed by atoms with Crippen LogP contribution in [0, 0.1) is 6.92 Å². The van der Waals surface area contributed by atoms with E-state index in [0.29, 0.717) is 6.04 Å². The zero-order chi connectivity index (χ0) is 13.1. The molecule has 3 rings (SSSR count). The summed E-state index contributed by atoms with van der Waals surface area (Å²) in [6.07, 6.45) is 3.92. The van der Waals surface area contributed by atoms with Crippen molar-refractivity contribution in [2.45, 2.75) is 32.2 Å². The highest BCUT2D eigenvalue weighted by Crippen LogP contribution is 2.32. The topological polar surface area (TPSA) is 24.5 Å². The lowest BCUT2D eigenvalue weighted by molar-refractivity contribution is 0.122. The van der Waals surface area contributed by atoms with E-state index in [0.717, 1.165) is 32.8 Å². The van der Waals surface area contributed by atoms with Crippen molar-refractivity contribution in [2.75, 3.05) is 37.7 Å². The van der Waals surface area contributed by atoms with Gasteiger partial charge in [-0.05, 0) is 37.9 Å². The largest absolute Gasteiger partial charge is 0.378 e. The monoisotopic (exact) mass is 260 g/mol. The highest BCUT2D eigenvalue weighted by atomic mass is 16.5. The van der Waals surface area contributed by atoms with E-state index in [1.807, 2.05) is 0 Å². The van der Waals surface area contributed by atoms with Gasteiger partial charge in [0.15, 0.2) is 0 Å². The summed E-state index contributed by atoms with van der Waals surface area (Å²) in [4.78, 5) is 2.48. The summed E-state index contributed by atoms with van der Waals surface area (Å²) >= 11 is 0. The Balaban J connectivity index is 1.88. The second kappa shape index (κ2) is 5.93. The van der Waals surface area contributed by atoms with E-state index in [4.69, 9.17) is 4.74 Å². The maximum absolute atomic E-state index is 5.47. The molecule has 3 nitrogen and oxygen atoms in total. The lowest BCUT2D eigenvalue weighted by Gasteiger charge is -2.34. The second-order valence-corrected chi connectivity index (χ2v) is 5.66. The highest BCUT2D eigenvalue weighted by molar-refractivity contribution is 5.56. The molecule has 2 fully saturated rings. The van der Waals surface area contributed by atoms with Gasteiger partial charge in [0, 0.05) is 24.8 Å². The zero-order valence-corrected chi connectivity index (χ0v) is 11.8. The smallest absolute Gasteiger partial charge is 0.0642 e. The first kappa shape index (κ1) is 12.9. The van der Waals surface area contributed by atoms with Gasteiger partial charge in [-0.1, -0.05) is 24.1 Å². The van der Waals surface area contributed by atoms with E-state index in [1.165, 1.54) is 36.1 Å². The zero-order valence-electron chi connectivity index (χ0n) is 11.8. The number of ether oxygens (including phenoxy) is 1. The molecule has 3 heteroatoms. The first-order chi connectivity index (χ1) is 9.34. The molecule has 0 aliphatic carbocycles. The maximum Gasteiger partial charge on any atom is 0.0642 e. The van der Waals surface area contributed by atoms with Crippen LogP contribution >= 0.6 is 0 Å². The van der Waals surface area contributed by atoms with Gasteiger partial charge in [0.1, 0.15) is 0 Å². The van der Waals surface area contributed by atoms with E-state index < -0.39 is 0 Å². The third-order valence-corrected chi connectivity index (χ3v) is 4.22. The molecule has 19 heavy (non-hydrogen) atoms. The molecule has 2 saturated heterocycles. The first-order valence-electron chi connectivity index (χ1n) is 7.51. The molecule has 0 amide bonds. The molecule has 1 atom stereocenters. The molecule has 1 unspecified atom stereocenters. The number of benzene rings is 1. The molecule has 0 bridgehead atoms.